The molecular weight excluding hydrogens is 248 g/mol. The van der Waals surface area contributed by atoms with E-state index in [1.165, 1.54) is 0 Å². The molecule has 0 fully saturated rings. The van der Waals surface area contributed by atoms with Crippen molar-refractivity contribution in [3.05, 3.63) is 35.4 Å². The van der Waals surface area contributed by atoms with Gasteiger partial charge in [0.15, 0.2) is 6.29 Å². The van der Waals surface area contributed by atoms with Gasteiger partial charge >= 0.3 is 0 Å². The second kappa shape index (κ2) is 8.79. The number of rotatable bonds is 6. The summed E-state index contributed by atoms with van der Waals surface area (Å²) in [6.45, 7) is 10.2. The van der Waals surface area contributed by atoms with Gasteiger partial charge in [-0.25, -0.2) is 0 Å². The van der Waals surface area contributed by atoms with Crippen molar-refractivity contribution in [1.82, 2.24) is 0 Å². The molecule has 0 saturated carbocycles. The van der Waals surface area contributed by atoms with Crippen molar-refractivity contribution >= 4 is 0 Å². The molecule has 0 spiro atoms. The summed E-state index contributed by atoms with van der Waals surface area (Å²) < 4.78 is 11.8. The van der Waals surface area contributed by atoms with E-state index in [0.29, 0.717) is 0 Å². The fraction of sp³-hybridized carbons (Fsp3) is 0.556. The van der Waals surface area contributed by atoms with Gasteiger partial charge in [0.1, 0.15) is 0 Å². The molecule has 0 aromatic heterocycles. The molecule has 0 heterocycles. The molecular formula is C18H26O2. The van der Waals surface area contributed by atoms with Gasteiger partial charge in [-0.1, -0.05) is 37.0 Å². The van der Waals surface area contributed by atoms with Crippen LogP contribution < -0.4 is 0 Å². The van der Waals surface area contributed by atoms with Crippen molar-refractivity contribution < 1.29 is 9.47 Å². The minimum absolute atomic E-state index is 0.107. The molecule has 20 heavy (non-hydrogen) atoms. The molecule has 0 unspecified atom stereocenters. The lowest BCUT2D eigenvalue weighted by Crippen LogP contribution is -2.18. The zero-order valence-electron chi connectivity index (χ0n) is 13.3. The van der Waals surface area contributed by atoms with Crippen LogP contribution in [0.5, 0.6) is 0 Å². The fourth-order valence-electron chi connectivity index (χ4n) is 1.77. The van der Waals surface area contributed by atoms with Crippen LogP contribution in [0, 0.1) is 11.8 Å². The van der Waals surface area contributed by atoms with Gasteiger partial charge in [0.2, 0.25) is 0 Å². The van der Waals surface area contributed by atoms with Crippen LogP contribution in [0.1, 0.15) is 64.9 Å². The van der Waals surface area contributed by atoms with E-state index in [9.17, 15) is 0 Å². The molecule has 1 aromatic carbocycles. The van der Waals surface area contributed by atoms with Crippen LogP contribution in [0.4, 0.5) is 0 Å². The molecule has 0 bridgehead atoms. The average molecular weight is 274 g/mol. The third-order valence-electron chi connectivity index (χ3n) is 2.60. The van der Waals surface area contributed by atoms with E-state index in [1.807, 2.05) is 52.0 Å². The first-order chi connectivity index (χ1) is 9.54. The van der Waals surface area contributed by atoms with E-state index >= 15 is 0 Å². The first kappa shape index (κ1) is 16.8. The van der Waals surface area contributed by atoms with Crippen molar-refractivity contribution in [3.63, 3.8) is 0 Å². The quantitative estimate of drug-likeness (QED) is 0.553. The predicted octanol–water partition coefficient (Wildman–Crippen LogP) is 4.69. The van der Waals surface area contributed by atoms with Crippen molar-refractivity contribution in [2.24, 2.45) is 0 Å². The zero-order chi connectivity index (χ0) is 15.0. The third-order valence-corrected chi connectivity index (χ3v) is 2.60. The maximum absolute atomic E-state index is 5.90. The highest BCUT2D eigenvalue weighted by molar-refractivity contribution is 5.42. The number of unbranched alkanes of at least 4 members (excludes halogenated alkanes) is 1. The fourth-order valence-corrected chi connectivity index (χ4v) is 1.77. The Kier molecular flexibility index (Phi) is 7.36. The Labute approximate surface area is 123 Å². The van der Waals surface area contributed by atoms with Gasteiger partial charge in [-0.2, -0.15) is 0 Å². The van der Waals surface area contributed by atoms with Gasteiger partial charge in [-0.15, -0.1) is 0 Å². The van der Waals surface area contributed by atoms with Crippen LogP contribution in [-0.4, -0.2) is 12.2 Å². The number of ether oxygens (including phenoxy) is 2. The first-order valence-electron chi connectivity index (χ1n) is 7.43. The molecule has 0 aliphatic heterocycles. The van der Waals surface area contributed by atoms with Gasteiger partial charge in [-0.3, -0.25) is 0 Å². The minimum atomic E-state index is -0.359. The van der Waals surface area contributed by atoms with E-state index in [1.54, 1.807) is 0 Å². The molecule has 0 aliphatic carbocycles. The molecule has 110 valence electrons. The summed E-state index contributed by atoms with van der Waals surface area (Å²) in [5, 5.41) is 0. The normalized spacial score (nSPS) is 11.0. The van der Waals surface area contributed by atoms with Crippen LogP contribution in [0.2, 0.25) is 0 Å². The van der Waals surface area contributed by atoms with E-state index in [4.69, 9.17) is 9.47 Å². The largest absolute Gasteiger partial charge is 0.346 e. The monoisotopic (exact) mass is 274 g/mol. The Morgan fingerprint density at radius 3 is 2.15 bits per heavy atom. The smallest absolute Gasteiger partial charge is 0.185 e. The van der Waals surface area contributed by atoms with Crippen molar-refractivity contribution in [2.75, 3.05) is 0 Å². The Balaban J connectivity index is 3.03. The molecule has 0 atom stereocenters. The molecule has 0 radical (unpaired) electrons. The summed E-state index contributed by atoms with van der Waals surface area (Å²) in [4.78, 5) is 0. The topological polar surface area (TPSA) is 18.5 Å². The molecule has 0 aliphatic rings. The number of hydrogen-bond donors (Lipinski definition) is 0. The molecule has 1 rings (SSSR count). The Morgan fingerprint density at radius 1 is 1.00 bits per heavy atom. The van der Waals surface area contributed by atoms with E-state index < -0.39 is 0 Å². The molecule has 2 nitrogen and oxygen atoms in total. The minimum Gasteiger partial charge on any atom is -0.346 e. The van der Waals surface area contributed by atoms with Gasteiger partial charge in [0.25, 0.3) is 0 Å². The average Bonchev–Trinajstić information content (AvgIpc) is 2.38. The lowest BCUT2D eigenvalue weighted by atomic mass is 10.1. The summed E-state index contributed by atoms with van der Waals surface area (Å²) in [5.74, 6) is 6.42. The number of benzene rings is 1. The lowest BCUT2D eigenvalue weighted by Gasteiger charge is -2.24. The molecule has 0 saturated heterocycles. The van der Waals surface area contributed by atoms with Crippen molar-refractivity contribution in [2.45, 2.75) is 66.0 Å². The van der Waals surface area contributed by atoms with E-state index in [-0.39, 0.29) is 18.5 Å². The highest BCUT2D eigenvalue weighted by Gasteiger charge is 2.18. The molecule has 0 N–H and O–H groups in total. The highest BCUT2D eigenvalue weighted by Crippen LogP contribution is 2.25. The lowest BCUT2D eigenvalue weighted by molar-refractivity contribution is -0.185. The first-order valence-corrected chi connectivity index (χ1v) is 7.43. The van der Waals surface area contributed by atoms with E-state index in [0.717, 1.165) is 24.0 Å². The third kappa shape index (κ3) is 5.77. The van der Waals surface area contributed by atoms with Crippen LogP contribution in [0.25, 0.3) is 0 Å². The van der Waals surface area contributed by atoms with Gasteiger partial charge < -0.3 is 9.47 Å². The summed E-state index contributed by atoms with van der Waals surface area (Å²) in [5.41, 5.74) is 2.01. The Bertz CT molecular complexity index is 442. The summed E-state index contributed by atoms with van der Waals surface area (Å²) in [6.07, 6.45) is 1.84. The van der Waals surface area contributed by atoms with Crippen LogP contribution >= 0.6 is 0 Å². The summed E-state index contributed by atoms with van der Waals surface area (Å²) in [6, 6.07) is 8.06. The Hall–Kier alpha value is -1.30. The zero-order valence-corrected chi connectivity index (χ0v) is 13.3. The van der Waals surface area contributed by atoms with Crippen molar-refractivity contribution in [1.29, 1.82) is 0 Å². The molecule has 2 heteroatoms. The van der Waals surface area contributed by atoms with Gasteiger partial charge in [0, 0.05) is 17.5 Å². The number of hydrogen-bond acceptors (Lipinski definition) is 2. The molecule has 1 aromatic rings. The second-order valence-corrected chi connectivity index (χ2v) is 5.34. The van der Waals surface area contributed by atoms with Crippen LogP contribution in [0.15, 0.2) is 24.3 Å². The summed E-state index contributed by atoms with van der Waals surface area (Å²) >= 11 is 0. The Morgan fingerprint density at radius 2 is 1.60 bits per heavy atom. The highest BCUT2D eigenvalue weighted by atomic mass is 16.7. The van der Waals surface area contributed by atoms with Crippen molar-refractivity contribution in [3.8, 4) is 11.8 Å². The van der Waals surface area contributed by atoms with Crippen LogP contribution in [0.3, 0.4) is 0 Å². The second-order valence-electron chi connectivity index (χ2n) is 5.34. The SMILES string of the molecule is CCCC#Cc1ccccc1C(OC(C)C)OC(C)C. The van der Waals surface area contributed by atoms with Crippen LogP contribution in [-0.2, 0) is 9.47 Å². The van der Waals surface area contributed by atoms with Gasteiger partial charge in [-0.05, 0) is 40.2 Å². The van der Waals surface area contributed by atoms with Gasteiger partial charge in [0.05, 0.1) is 12.2 Å². The summed E-state index contributed by atoms with van der Waals surface area (Å²) in [7, 11) is 0. The standard InChI is InChI=1S/C18H26O2/c1-6-7-8-11-16-12-9-10-13-17(16)18(19-14(2)3)20-15(4)5/h9-10,12-15,18H,6-7H2,1-5H3. The predicted molar refractivity (Wildman–Crippen MR) is 83.4 cm³/mol. The maximum Gasteiger partial charge on any atom is 0.185 e. The maximum atomic E-state index is 5.90. The van der Waals surface area contributed by atoms with E-state index in [2.05, 4.69) is 18.8 Å². The molecule has 0 amide bonds.